The van der Waals surface area contributed by atoms with Gasteiger partial charge in [-0.05, 0) is 43.7 Å². The third-order valence-corrected chi connectivity index (χ3v) is 5.45. The molecule has 160 valence electrons. The molecule has 3 aromatic heterocycles. The smallest absolute Gasteiger partial charge is 0.203 e. The van der Waals surface area contributed by atoms with Crippen LogP contribution in [0, 0.1) is 18.6 Å². The fourth-order valence-electron chi connectivity index (χ4n) is 3.98. The van der Waals surface area contributed by atoms with Gasteiger partial charge < -0.3 is 10.2 Å². The summed E-state index contributed by atoms with van der Waals surface area (Å²) in [5.74, 6) is -0.775. The number of aryl methyl sites for hydroxylation is 1. The van der Waals surface area contributed by atoms with E-state index in [1.54, 1.807) is 24.6 Å². The van der Waals surface area contributed by atoms with Crippen LogP contribution < -0.4 is 11.2 Å². The number of hydrogen-bond acceptors (Lipinski definition) is 6. The van der Waals surface area contributed by atoms with Gasteiger partial charge in [0.05, 0.1) is 16.6 Å². The zero-order valence-corrected chi connectivity index (χ0v) is 17.1. The number of rotatable bonds is 3. The monoisotopic (exact) mass is 433 g/mol. The van der Waals surface area contributed by atoms with Gasteiger partial charge in [0.2, 0.25) is 5.43 Å². The van der Waals surface area contributed by atoms with Crippen LogP contribution in [0.15, 0.2) is 58.0 Å². The molecule has 5 aromatic rings. The molecule has 0 radical (unpaired) electrons. The Morgan fingerprint density at radius 1 is 1.09 bits per heavy atom. The van der Waals surface area contributed by atoms with Gasteiger partial charge in [-0.3, -0.25) is 4.79 Å². The lowest BCUT2D eigenvalue weighted by Crippen LogP contribution is -2.17. The van der Waals surface area contributed by atoms with Gasteiger partial charge in [-0.2, -0.15) is 5.10 Å². The topological polar surface area (TPSA) is 99.8 Å². The Hall–Kier alpha value is -4.14. The molecule has 9 heteroatoms. The molecule has 1 atom stereocenters. The molecule has 0 saturated heterocycles. The van der Waals surface area contributed by atoms with Crippen molar-refractivity contribution in [2.45, 2.75) is 19.9 Å². The van der Waals surface area contributed by atoms with E-state index in [-0.39, 0.29) is 33.7 Å². The Morgan fingerprint density at radius 2 is 1.88 bits per heavy atom. The van der Waals surface area contributed by atoms with Crippen LogP contribution >= 0.6 is 0 Å². The van der Waals surface area contributed by atoms with Gasteiger partial charge in [0.25, 0.3) is 0 Å². The number of anilines is 1. The Balaban J connectivity index is 1.86. The van der Waals surface area contributed by atoms with E-state index in [0.29, 0.717) is 16.7 Å². The summed E-state index contributed by atoms with van der Waals surface area (Å²) in [6, 6.07) is 9.02. The summed E-state index contributed by atoms with van der Waals surface area (Å²) in [5, 5.41) is 4.92. The lowest BCUT2D eigenvalue weighted by molar-refractivity contribution is 0.443. The number of nitrogen functional groups attached to an aromatic ring is 1. The van der Waals surface area contributed by atoms with Crippen molar-refractivity contribution in [2.24, 2.45) is 0 Å². The zero-order chi connectivity index (χ0) is 22.6. The summed E-state index contributed by atoms with van der Waals surface area (Å²) in [7, 11) is 0. The van der Waals surface area contributed by atoms with E-state index in [0.717, 1.165) is 0 Å². The number of hydrogen-bond donors (Lipinski definition) is 1. The average Bonchev–Trinajstić information content (AvgIpc) is 3.10. The van der Waals surface area contributed by atoms with Crippen LogP contribution in [0.1, 0.15) is 24.4 Å². The Labute approximate surface area is 180 Å². The number of aromatic nitrogens is 4. The Morgan fingerprint density at radius 3 is 2.66 bits per heavy atom. The SMILES string of the molecule is Cc1nn(C(C)c2oc3cccc(F)c3c(=O)c2-c2cccc(F)c2)c2ncnc(N)c12. The van der Waals surface area contributed by atoms with Gasteiger partial charge in [-0.15, -0.1) is 0 Å². The minimum atomic E-state index is -0.714. The second kappa shape index (κ2) is 7.23. The summed E-state index contributed by atoms with van der Waals surface area (Å²) in [6.07, 6.45) is 1.32. The third-order valence-electron chi connectivity index (χ3n) is 5.45. The van der Waals surface area contributed by atoms with E-state index >= 15 is 0 Å². The summed E-state index contributed by atoms with van der Waals surface area (Å²) in [4.78, 5) is 21.7. The van der Waals surface area contributed by atoms with Crippen LogP contribution in [0.5, 0.6) is 0 Å². The number of benzene rings is 2. The molecule has 0 fully saturated rings. The summed E-state index contributed by atoms with van der Waals surface area (Å²) >= 11 is 0. The molecule has 0 aliphatic heterocycles. The van der Waals surface area contributed by atoms with E-state index in [4.69, 9.17) is 10.2 Å². The van der Waals surface area contributed by atoms with Crippen LogP contribution in [0.4, 0.5) is 14.6 Å². The highest BCUT2D eigenvalue weighted by Gasteiger charge is 2.26. The van der Waals surface area contributed by atoms with Crippen LogP contribution in [-0.2, 0) is 0 Å². The molecule has 32 heavy (non-hydrogen) atoms. The first-order valence-corrected chi connectivity index (χ1v) is 9.83. The lowest BCUT2D eigenvalue weighted by atomic mass is 9.99. The van der Waals surface area contributed by atoms with E-state index in [1.807, 2.05) is 0 Å². The number of nitrogens with zero attached hydrogens (tertiary/aromatic N) is 4. The molecule has 0 aliphatic carbocycles. The van der Waals surface area contributed by atoms with Crippen molar-refractivity contribution in [3.63, 3.8) is 0 Å². The number of halogens is 2. The van der Waals surface area contributed by atoms with Gasteiger partial charge in [0, 0.05) is 0 Å². The van der Waals surface area contributed by atoms with Crippen molar-refractivity contribution in [1.29, 1.82) is 0 Å². The molecule has 1 unspecified atom stereocenters. The maximum atomic E-state index is 14.6. The Bertz CT molecular complexity index is 1570. The summed E-state index contributed by atoms with van der Waals surface area (Å²) in [5.41, 5.74) is 6.87. The molecule has 3 heterocycles. The van der Waals surface area contributed by atoms with Gasteiger partial charge in [0.1, 0.15) is 46.6 Å². The molecule has 2 N–H and O–H groups in total. The van der Waals surface area contributed by atoms with Crippen LogP contribution in [0.3, 0.4) is 0 Å². The highest BCUT2D eigenvalue weighted by atomic mass is 19.1. The van der Waals surface area contributed by atoms with Crippen molar-refractivity contribution in [2.75, 3.05) is 5.73 Å². The highest BCUT2D eigenvalue weighted by molar-refractivity contribution is 5.88. The van der Waals surface area contributed by atoms with Crippen molar-refractivity contribution in [3.8, 4) is 11.1 Å². The lowest BCUT2D eigenvalue weighted by Gasteiger charge is -2.17. The van der Waals surface area contributed by atoms with Crippen molar-refractivity contribution in [1.82, 2.24) is 19.7 Å². The third kappa shape index (κ3) is 2.93. The molecule has 0 spiro atoms. The zero-order valence-electron chi connectivity index (χ0n) is 17.1. The quantitative estimate of drug-likeness (QED) is 0.453. The first-order valence-electron chi connectivity index (χ1n) is 9.83. The van der Waals surface area contributed by atoms with Crippen LogP contribution in [0.2, 0.25) is 0 Å². The maximum absolute atomic E-state index is 14.6. The maximum Gasteiger partial charge on any atom is 0.203 e. The molecule has 2 aromatic carbocycles. The first kappa shape index (κ1) is 19.8. The molecule has 0 bridgehead atoms. The van der Waals surface area contributed by atoms with Gasteiger partial charge in [-0.25, -0.2) is 23.4 Å². The first-order chi connectivity index (χ1) is 15.4. The highest BCUT2D eigenvalue weighted by Crippen LogP contribution is 2.34. The largest absolute Gasteiger partial charge is 0.458 e. The second-order valence-electron chi connectivity index (χ2n) is 7.46. The molecular weight excluding hydrogens is 416 g/mol. The predicted octanol–water partition coefficient (Wildman–Crippen LogP) is 4.38. The standard InChI is InChI=1S/C23H17F2N5O2/c1-11-17-22(26)27-10-28-23(17)30(29-11)12(2)21-18(13-5-3-6-14(24)9-13)20(31)19-15(25)7-4-8-16(19)32-21/h3-10,12H,1-2H3,(H2,26,27,28). The number of fused-ring (bicyclic) bond motifs is 2. The molecule has 7 nitrogen and oxygen atoms in total. The van der Waals surface area contributed by atoms with Crippen molar-refractivity contribution in [3.05, 3.63) is 82.1 Å². The fraction of sp³-hybridized carbons (Fsp3) is 0.130. The number of nitrogens with two attached hydrogens (primary N) is 1. The van der Waals surface area contributed by atoms with Crippen LogP contribution in [0.25, 0.3) is 33.1 Å². The molecule has 0 saturated carbocycles. The average molecular weight is 433 g/mol. The van der Waals surface area contributed by atoms with E-state index in [9.17, 15) is 13.6 Å². The van der Waals surface area contributed by atoms with Gasteiger partial charge >= 0.3 is 0 Å². The molecule has 0 amide bonds. The van der Waals surface area contributed by atoms with E-state index in [1.165, 1.54) is 42.7 Å². The van der Waals surface area contributed by atoms with Gasteiger partial charge in [0.15, 0.2) is 5.65 Å². The summed E-state index contributed by atoms with van der Waals surface area (Å²) in [6.45, 7) is 3.53. The van der Waals surface area contributed by atoms with Gasteiger partial charge in [-0.1, -0.05) is 18.2 Å². The normalized spacial score (nSPS) is 12.5. The molecule has 5 rings (SSSR count). The van der Waals surface area contributed by atoms with E-state index < -0.39 is 23.1 Å². The predicted molar refractivity (Wildman–Crippen MR) is 116 cm³/mol. The van der Waals surface area contributed by atoms with E-state index in [2.05, 4.69) is 15.1 Å². The minimum Gasteiger partial charge on any atom is -0.458 e. The Kier molecular flexibility index (Phi) is 4.47. The molecule has 0 aliphatic rings. The fourth-order valence-corrected chi connectivity index (χ4v) is 3.98. The summed E-state index contributed by atoms with van der Waals surface area (Å²) < 4.78 is 36.2. The second-order valence-corrected chi connectivity index (χ2v) is 7.46. The van der Waals surface area contributed by atoms with Crippen molar-refractivity contribution < 1.29 is 13.2 Å². The van der Waals surface area contributed by atoms with Crippen LogP contribution in [-0.4, -0.2) is 19.7 Å². The minimum absolute atomic E-state index is 0.0536. The molecular formula is C23H17F2N5O2. The van der Waals surface area contributed by atoms with Crippen molar-refractivity contribution >= 4 is 27.8 Å².